The average molecular weight is 359 g/mol. The van der Waals surface area contributed by atoms with Gasteiger partial charge in [0.2, 0.25) is 5.91 Å². The molecule has 1 aliphatic rings. The molecule has 3 rings (SSSR count). The minimum Gasteiger partial charge on any atom is -0.423 e. The van der Waals surface area contributed by atoms with Gasteiger partial charge in [0.05, 0.1) is 11.5 Å². The molecular weight excluding hydrogens is 341 g/mol. The molecule has 7 nitrogen and oxygen atoms in total. The maximum absolute atomic E-state index is 12.7. The Hall–Kier alpha value is -2.36. The second-order valence-corrected chi connectivity index (χ2v) is 6.91. The summed E-state index contributed by atoms with van der Waals surface area (Å²) in [7, 11) is -2.52. The number of hydrogen-bond acceptors (Lipinski definition) is 5. The summed E-state index contributed by atoms with van der Waals surface area (Å²) in [5.74, 6) is -0.181. The minimum atomic E-state index is -1.56. The number of nitrogens with one attached hydrogen (secondary N) is 2. The quantitative estimate of drug-likeness (QED) is 0.452. The molecule has 0 saturated carbocycles. The number of anilines is 2. The number of fused-ring (bicyclic) bond motifs is 1. The van der Waals surface area contributed by atoms with Crippen molar-refractivity contribution in [1.29, 1.82) is 0 Å². The summed E-state index contributed by atoms with van der Waals surface area (Å²) in [6.45, 7) is 2.01. The number of rotatable bonds is 5. The summed E-state index contributed by atoms with van der Waals surface area (Å²) in [4.78, 5) is 11.7. The van der Waals surface area contributed by atoms with E-state index >= 15 is 0 Å². The molecule has 25 heavy (non-hydrogen) atoms. The number of benzene rings is 2. The number of amides is 1. The van der Waals surface area contributed by atoms with Gasteiger partial charge in [0.15, 0.2) is 11.0 Å². The smallest absolute Gasteiger partial charge is 0.423 e. The van der Waals surface area contributed by atoms with Crippen molar-refractivity contribution in [1.82, 2.24) is 5.32 Å². The fraction of sp³-hybridized carbons (Fsp3) is 0.188. The van der Waals surface area contributed by atoms with Crippen LogP contribution in [0.5, 0.6) is 0 Å². The second kappa shape index (κ2) is 7.26. The van der Waals surface area contributed by atoms with Gasteiger partial charge in [-0.05, 0) is 46.9 Å². The lowest BCUT2D eigenvalue weighted by molar-refractivity contribution is -0.119. The van der Waals surface area contributed by atoms with Gasteiger partial charge in [-0.25, -0.2) is 4.21 Å². The molecule has 0 fully saturated rings. The van der Waals surface area contributed by atoms with Crippen LogP contribution < -0.4 is 21.2 Å². The van der Waals surface area contributed by atoms with Crippen molar-refractivity contribution in [3.05, 3.63) is 47.5 Å². The van der Waals surface area contributed by atoms with Gasteiger partial charge in [0, 0.05) is 24.8 Å². The molecule has 0 aromatic heterocycles. The van der Waals surface area contributed by atoms with E-state index in [2.05, 4.69) is 10.0 Å². The Balaban J connectivity index is 1.81. The van der Waals surface area contributed by atoms with Crippen molar-refractivity contribution in [2.45, 2.75) is 25.0 Å². The summed E-state index contributed by atoms with van der Waals surface area (Å²) in [6.07, 6.45) is 0. The highest BCUT2D eigenvalue weighted by Crippen LogP contribution is 2.21. The summed E-state index contributed by atoms with van der Waals surface area (Å²) < 4.78 is 20.8. The van der Waals surface area contributed by atoms with E-state index in [1.165, 1.54) is 6.92 Å². The summed E-state index contributed by atoms with van der Waals surface area (Å²) in [5.41, 5.74) is 9.16. The standard InChI is InChI=1S/C16H18BN3O4S/c1-10(21)19-8-12-6-13(18)3-5-16(12)25(23)20-14-4-2-11-9-24-17(22)15(11)7-14/h2-7,20,22H,8-9,18H2,1H3,(H,19,21). The van der Waals surface area contributed by atoms with Crippen molar-refractivity contribution < 1.29 is 18.7 Å². The fourth-order valence-corrected chi connectivity index (χ4v) is 3.59. The van der Waals surface area contributed by atoms with E-state index in [9.17, 15) is 14.0 Å². The predicted octanol–water partition coefficient (Wildman–Crippen LogP) is 0.257. The zero-order valence-electron chi connectivity index (χ0n) is 13.6. The first-order chi connectivity index (χ1) is 11.9. The van der Waals surface area contributed by atoms with Crippen LogP contribution >= 0.6 is 0 Å². The third kappa shape index (κ3) is 4.01. The number of hydrogen-bond donors (Lipinski definition) is 4. The van der Waals surface area contributed by atoms with E-state index in [1.54, 1.807) is 30.3 Å². The fourth-order valence-electron chi connectivity index (χ4n) is 2.58. The van der Waals surface area contributed by atoms with E-state index in [0.717, 1.165) is 5.56 Å². The molecule has 0 saturated heterocycles. The second-order valence-electron chi connectivity index (χ2n) is 5.72. The molecular formula is C16H18BN3O4S. The van der Waals surface area contributed by atoms with Crippen molar-refractivity contribution in [3.8, 4) is 0 Å². The van der Waals surface area contributed by atoms with Crippen LogP contribution in [0, 0.1) is 0 Å². The molecule has 0 bridgehead atoms. The van der Waals surface area contributed by atoms with E-state index in [-0.39, 0.29) is 12.5 Å². The molecule has 0 spiro atoms. The van der Waals surface area contributed by atoms with Gasteiger partial charge >= 0.3 is 7.12 Å². The van der Waals surface area contributed by atoms with E-state index in [1.807, 2.05) is 6.07 Å². The average Bonchev–Trinajstić information content (AvgIpc) is 2.94. The highest BCUT2D eigenvalue weighted by atomic mass is 32.2. The van der Waals surface area contributed by atoms with E-state index in [0.29, 0.717) is 33.9 Å². The molecule has 0 radical (unpaired) electrons. The zero-order chi connectivity index (χ0) is 18.0. The van der Waals surface area contributed by atoms with E-state index < -0.39 is 18.1 Å². The number of carbonyl (C=O) groups excluding carboxylic acids is 1. The summed E-state index contributed by atoms with van der Waals surface area (Å²) >= 11 is 0. The Kier molecular flexibility index (Phi) is 5.07. The SMILES string of the molecule is CC(=O)NCc1cc(N)ccc1S(=O)Nc1ccc2c(c1)B(O)OC2. The normalized spacial score (nSPS) is 14.1. The Morgan fingerprint density at radius 3 is 2.92 bits per heavy atom. The Morgan fingerprint density at radius 1 is 1.36 bits per heavy atom. The topological polar surface area (TPSA) is 114 Å². The molecule has 130 valence electrons. The lowest BCUT2D eigenvalue weighted by Gasteiger charge is -2.13. The van der Waals surface area contributed by atoms with Crippen LogP contribution in [0.2, 0.25) is 0 Å². The van der Waals surface area contributed by atoms with Gasteiger partial charge < -0.3 is 25.5 Å². The molecule has 1 heterocycles. The van der Waals surface area contributed by atoms with Crippen LogP contribution in [0.3, 0.4) is 0 Å². The highest BCUT2D eigenvalue weighted by molar-refractivity contribution is 7.86. The minimum absolute atomic E-state index is 0.181. The van der Waals surface area contributed by atoms with Crippen LogP contribution in [-0.4, -0.2) is 22.3 Å². The van der Waals surface area contributed by atoms with Gasteiger partial charge in [-0.15, -0.1) is 0 Å². The molecule has 9 heteroatoms. The Morgan fingerprint density at radius 2 is 2.16 bits per heavy atom. The molecule has 5 N–H and O–H groups in total. The molecule has 1 unspecified atom stereocenters. The molecule has 1 atom stereocenters. The maximum Gasteiger partial charge on any atom is 0.491 e. The van der Waals surface area contributed by atoms with Crippen molar-refractivity contribution in [2.24, 2.45) is 0 Å². The van der Waals surface area contributed by atoms with Crippen LogP contribution in [0.15, 0.2) is 41.3 Å². The summed E-state index contributed by atoms with van der Waals surface area (Å²) in [6, 6.07) is 10.3. The lowest BCUT2D eigenvalue weighted by Crippen LogP contribution is -2.28. The zero-order valence-corrected chi connectivity index (χ0v) is 14.4. The Bertz CT molecular complexity index is 846. The first-order valence-electron chi connectivity index (χ1n) is 7.68. The predicted molar refractivity (Wildman–Crippen MR) is 97.2 cm³/mol. The van der Waals surface area contributed by atoms with E-state index in [4.69, 9.17) is 10.4 Å². The van der Waals surface area contributed by atoms with Gasteiger partial charge in [-0.1, -0.05) is 6.07 Å². The van der Waals surface area contributed by atoms with Crippen molar-refractivity contribution in [3.63, 3.8) is 0 Å². The number of nitrogens with two attached hydrogens (primary N) is 1. The molecule has 0 aliphatic carbocycles. The monoisotopic (exact) mass is 359 g/mol. The van der Waals surface area contributed by atoms with Crippen LogP contribution in [-0.2, 0) is 33.6 Å². The third-order valence-corrected chi connectivity index (χ3v) is 5.05. The first kappa shape index (κ1) is 17.5. The van der Waals surface area contributed by atoms with Gasteiger partial charge in [-0.2, -0.15) is 0 Å². The molecule has 2 aromatic rings. The first-order valence-corrected chi connectivity index (χ1v) is 8.83. The number of carbonyl (C=O) groups is 1. The van der Waals surface area contributed by atoms with Crippen molar-refractivity contribution in [2.75, 3.05) is 10.5 Å². The summed E-state index contributed by atoms with van der Waals surface area (Å²) in [5, 5.41) is 12.5. The largest absolute Gasteiger partial charge is 0.491 e. The van der Waals surface area contributed by atoms with Crippen LogP contribution in [0.4, 0.5) is 11.4 Å². The van der Waals surface area contributed by atoms with Crippen LogP contribution in [0.25, 0.3) is 0 Å². The van der Waals surface area contributed by atoms with Gasteiger partial charge in [0.25, 0.3) is 0 Å². The van der Waals surface area contributed by atoms with Gasteiger partial charge in [0.1, 0.15) is 0 Å². The highest BCUT2D eigenvalue weighted by Gasteiger charge is 2.27. The van der Waals surface area contributed by atoms with Crippen LogP contribution in [0.1, 0.15) is 18.1 Å². The molecule has 1 aliphatic heterocycles. The third-order valence-electron chi connectivity index (χ3n) is 3.83. The maximum atomic E-state index is 12.7. The van der Waals surface area contributed by atoms with Crippen molar-refractivity contribution >= 4 is 40.8 Å². The van der Waals surface area contributed by atoms with Gasteiger partial charge in [-0.3, -0.25) is 4.79 Å². The molecule has 1 amide bonds. The Labute approximate surface area is 148 Å². The number of nitrogen functional groups attached to an aromatic ring is 1. The lowest BCUT2D eigenvalue weighted by atomic mass is 9.79. The molecule has 2 aromatic carbocycles.